The highest BCUT2D eigenvalue weighted by molar-refractivity contribution is 5.78. The van der Waals surface area contributed by atoms with Crippen molar-refractivity contribution < 1.29 is 4.79 Å². The lowest BCUT2D eigenvalue weighted by atomic mass is 10.2. The molecule has 2 N–H and O–H groups in total. The maximum absolute atomic E-state index is 12.3. The molecule has 1 amide bonds. The lowest BCUT2D eigenvalue weighted by Gasteiger charge is -2.08. The van der Waals surface area contributed by atoms with E-state index in [1.807, 2.05) is 0 Å². The standard InChI is InChI=1S/C17H17N5O3/c1-11-20-12(8-15(23)21-11)6-7-18-16(24)9-22-10-19-14-5-3-2-4-13(14)17(22)25/h2-5,8,10H,6-7,9H2,1H3,(H,18,24)(H,20,21,23). The van der Waals surface area contributed by atoms with Crippen LogP contribution in [0.5, 0.6) is 0 Å². The molecule has 2 heterocycles. The fourth-order valence-electron chi connectivity index (χ4n) is 2.53. The van der Waals surface area contributed by atoms with Gasteiger partial charge in [0.05, 0.1) is 17.2 Å². The Morgan fingerprint density at radius 2 is 2.08 bits per heavy atom. The number of benzene rings is 1. The zero-order chi connectivity index (χ0) is 17.8. The average molecular weight is 339 g/mol. The second-order valence-corrected chi connectivity index (χ2v) is 5.62. The predicted molar refractivity (Wildman–Crippen MR) is 92.3 cm³/mol. The van der Waals surface area contributed by atoms with E-state index in [1.54, 1.807) is 31.2 Å². The number of nitrogens with zero attached hydrogens (tertiary/aromatic N) is 3. The zero-order valence-corrected chi connectivity index (χ0v) is 13.7. The van der Waals surface area contributed by atoms with E-state index in [-0.39, 0.29) is 23.6 Å². The van der Waals surface area contributed by atoms with Gasteiger partial charge in [0.15, 0.2) is 0 Å². The fourth-order valence-corrected chi connectivity index (χ4v) is 2.53. The molecule has 0 aliphatic rings. The molecular formula is C17H17N5O3. The first kappa shape index (κ1) is 16.6. The van der Waals surface area contributed by atoms with Gasteiger partial charge in [0, 0.05) is 24.7 Å². The smallest absolute Gasteiger partial charge is 0.261 e. The van der Waals surface area contributed by atoms with Crippen LogP contribution in [0.25, 0.3) is 10.9 Å². The highest BCUT2D eigenvalue weighted by Crippen LogP contribution is 2.04. The number of aromatic nitrogens is 4. The predicted octanol–water partition coefficient (Wildman–Crippen LogP) is 0.147. The molecule has 0 atom stereocenters. The third kappa shape index (κ3) is 3.97. The number of carbonyl (C=O) groups is 1. The van der Waals surface area contributed by atoms with Crippen LogP contribution >= 0.6 is 0 Å². The summed E-state index contributed by atoms with van der Waals surface area (Å²) in [7, 11) is 0. The fraction of sp³-hybridized carbons (Fsp3) is 0.235. The summed E-state index contributed by atoms with van der Waals surface area (Å²) in [6, 6.07) is 8.39. The summed E-state index contributed by atoms with van der Waals surface area (Å²) in [5, 5.41) is 3.19. The van der Waals surface area contributed by atoms with Crippen LogP contribution in [0, 0.1) is 6.92 Å². The number of nitrogens with one attached hydrogen (secondary N) is 2. The molecule has 0 saturated heterocycles. The molecule has 0 saturated carbocycles. The number of para-hydroxylation sites is 1. The number of hydrogen-bond acceptors (Lipinski definition) is 5. The lowest BCUT2D eigenvalue weighted by Crippen LogP contribution is -2.33. The van der Waals surface area contributed by atoms with Crippen LogP contribution in [0.15, 0.2) is 46.2 Å². The number of rotatable bonds is 5. The Labute approximate surface area is 142 Å². The van der Waals surface area contributed by atoms with E-state index in [0.717, 1.165) is 0 Å². The highest BCUT2D eigenvalue weighted by Gasteiger charge is 2.08. The Hall–Kier alpha value is -3.29. The molecular weight excluding hydrogens is 322 g/mol. The molecule has 3 aromatic rings. The Balaban J connectivity index is 1.62. The van der Waals surface area contributed by atoms with Crippen LogP contribution in [0.3, 0.4) is 0 Å². The van der Waals surface area contributed by atoms with Crippen LogP contribution in [0.4, 0.5) is 0 Å². The van der Waals surface area contributed by atoms with Gasteiger partial charge in [-0.15, -0.1) is 0 Å². The van der Waals surface area contributed by atoms with E-state index in [4.69, 9.17) is 0 Å². The van der Waals surface area contributed by atoms with Crippen molar-refractivity contribution in [2.45, 2.75) is 19.9 Å². The van der Waals surface area contributed by atoms with Crippen LogP contribution in [0.1, 0.15) is 11.5 Å². The van der Waals surface area contributed by atoms with Crippen molar-refractivity contribution in [2.75, 3.05) is 6.54 Å². The van der Waals surface area contributed by atoms with E-state index in [0.29, 0.717) is 35.4 Å². The number of aromatic amines is 1. The summed E-state index contributed by atoms with van der Waals surface area (Å²) in [5.41, 5.74) is 0.723. The van der Waals surface area contributed by atoms with Gasteiger partial charge >= 0.3 is 0 Å². The van der Waals surface area contributed by atoms with Gasteiger partial charge in [-0.05, 0) is 19.1 Å². The van der Waals surface area contributed by atoms with Gasteiger partial charge in [0.1, 0.15) is 12.4 Å². The van der Waals surface area contributed by atoms with E-state index in [9.17, 15) is 14.4 Å². The SMILES string of the molecule is Cc1nc(CCNC(=O)Cn2cnc3ccccc3c2=O)cc(=O)[nH]1. The minimum atomic E-state index is -0.305. The Kier molecular flexibility index (Phi) is 4.69. The van der Waals surface area contributed by atoms with Gasteiger partial charge in [-0.2, -0.15) is 0 Å². The van der Waals surface area contributed by atoms with Crippen molar-refractivity contribution in [3.05, 3.63) is 68.9 Å². The van der Waals surface area contributed by atoms with Crippen LogP contribution in [-0.4, -0.2) is 32.0 Å². The number of aryl methyl sites for hydroxylation is 1. The molecule has 128 valence electrons. The molecule has 0 bridgehead atoms. The minimum absolute atomic E-state index is 0.113. The van der Waals surface area contributed by atoms with Crippen LogP contribution in [0.2, 0.25) is 0 Å². The molecule has 0 radical (unpaired) electrons. The van der Waals surface area contributed by atoms with E-state index in [2.05, 4.69) is 20.3 Å². The molecule has 0 spiro atoms. The summed E-state index contributed by atoms with van der Waals surface area (Å²) in [5.74, 6) is 0.225. The molecule has 0 fully saturated rings. The first-order chi connectivity index (χ1) is 12.0. The molecule has 0 aliphatic heterocycles. The Bertz CT molecular complexity index is 1040. The number of amides is 1. The summed E-state index contributed by atoms with van der Waals surface area (Å²) in [6.45, 7) is 1.91. The topological polar surface area (TPSA) is 110 Å². The van der Waals surface area contributed by atoms with Crippen molar-refractivity contribution in [3.63, 3.8) is 0 Å². The molecule has 25 heavy (non-hydrogen) atoms. The van der Waals surface area contributed by atoms with E-state index >= 15 is 0 Å². The Morgan fingerprint density at radius 1 is 1.28 bits per heavy atom. The highest BCUT2D eigenvalue weighted by atomic mass is 16.2. The number of carbonyl (C=O) groups excluding carboxylic acids is 1. The van der Waals surface area contributed by atoms with Crippen molar-refractivity contribution in [2.24, 2.45) is 0 Å². The lowest BCUT2D eigenvalue weighted by molar-refractivity contribution is -0.121. The molecule has 3 rings (SSSR count). The third-order valence-electron chi connectivity index (χ3n) is 3.66. The van der Waals surface area contributed by atoms with Crippen LogP contribution in [-0.2, 0) is 17.8 Å². The quantitative estimate of drug-likeness (QED) is 0.687. The van der Waals surface area contributed by atoms with Gasteiger partial charge in [-0.25, -0.2) is 9.97 Å². The second-order valence-electron chi connectivity index (χ2n) is 5.62. The summed E-state index contributed by atoms with van der Waals surface area (Å²) >= 11 is 0. The van der Waals surface area contributed by atoms with Crippen molar-refractivity contribution >= 4 is 16.8 Å². The third-order valence-corrected chi connectivity index (χ3v) is 3.66. The van der Waals surface area contributed by atoms with Gasteiger partial charge in [0.2, 0.25) is 5.91 Å². The maximum atomic E-state index is 12.3. The molecule has 2 aromatic heterocycles. The van der Waals surface area contributed by atoms with E-state index < -0.39 is 0 Å². The number of H-pyrrole nitrogens is 1. The first-order valence-corrected chi connectivity index (χ1v) is 7.80. The summed E-state index contributed by atoms with van der Waals surface area (Å²) in [4.78, 5) is 46.7. The minimum Gasteiger partial charge on any atom is -0.354 e. The number of fused-ring (bicyclic) bond motifs is 1. The van der Waals surface area contributed by atoms with E-state index in [1.165, 1.54) is 17.0 Å². The normalized spacial score (nSPS) is 10.8. The average Bonchev–Trinajstić information content (AvgIpc) is 2.57. The zero-order valence-electron chi connectivity index (χ0n) is 13.7. The van der Waals surface area contributed by atoms with Crippen molar-refractivity contribution in [1.29, 1.82) is 0 Å². The van der Waals surface area contributed by atoms with Gasteiger partial charge in [-0.1, -0.05) is 12.1 Å². The van der Waals surface area contributed by atoms with Crippen molar-refractivity contribution in [1.82, 2.24) is 24.8 Å². The van der Waals surface area contributed by atoms with Gasteiger partial charge in [-0.3, -0.25) is 19.0 Å². The van der Waals surface area contributed by atoms with Crippen molar-refractivity contribution in [3.8, 4) is 0 Å². The van der Waals surface area contributed by atoms with Crippen LogP contribution < -0.4 is 16.4 Å². The number of hydrogen-bond donors (Lipinski definition) is 2. The monoisotopic (exact) mass is 339 g/mol. The van der Waals surface area contributed by atoms with Gasteiger partial charge < -0.3 is 10.3 Å². The molecule has 8 heteroatoms. The summed E-state index contributed by atoms with van der Waals surface area (Å²) in [6.07, 6.45) is 1.80. The molecule has 0 unspecified atom stereocenters. The second kappa shape index (κ2) is 7.08. The summed E-state index contributed by atoms with van der Waals surface area (Å²) < 4.78 is 1.27. The Morgan fingerprint density at radius 3 is 2.88 bits per heavy atom. The largest absolute Gasteiger partial charge is 0.354 e. The molecule has 0 aliphatic carbocycles. The molecule has 8 nitrogen and oxygen atoms in total. The molecule has 1 aromatic carbocycles. The first-order valence-electron chi connectivity index (χ1n) is 7.80. The maximum Gasteiger partial charge on any atom is 0.261 e. The van der Waals surface area contributed by atoms with Gasteiger partial charge in [0.25, 0.3) is 11.1 Å².